The molecule has 0 radical (unpaired) electrons. The average Bonchev–Trinajstić information content (AvgIpc) is 3.02. The molecule has 0 aliphatic carbocycles. The maximum absolute atomic E-state index is 13.6. The third-order valence-electron chi connectivity index (χ3n) is 3.86. The molecule has 0 spiro atoms. The normalized spacial score (nSPS) is 12.0. The van der Waals surface area contributed by atoms with Crippen LogP contribution < -0.4 is 5.32 Å². The molecular weight excluding hydrogens is 319 g/mol. The Kier molecular flexibility index (Phi) is 3.56. The molecule has 1 N–H and O–H groups in total. The van der Waals surface area contributed by atoms with Crippen molar-refractivity contribution in [1.29, 1.82) is 0 Å². The summed E-state index contributed by atoms with van der Waals surface area (Å²) in [6.07, 6.45) is 6.95. The summed E-state index contributed by atoms with van der Waals surface area (Å²) in [4.78, 5) is 12.9. The third kappa shape index (κ3) is 3.13. The van der Waals surface area contributed by atoms with Crippen LogP contribution in [0, 0.1) is 0 Å². The SMILES string of the molecule is CC(C)(F)CNc1ncc2c(-c3ccc4nccnc4c3)ccn2n1. The van der Waals surface area contributed by atoms with Gasteiger partial charge in [0.05, 0.1) is 29.3 Å². The number of nitrogens with zero attached hydrogens (tertiary/aromatic N) is 5. The first-order valence-electron chi connectivity index (χ1n) is 7.98. The third-order valence-corrected chi connectivity index (χ3v) is 3.86. The highest BCUT2D eigenvalue weighted by molar-refractivity contribution is 5.86. The van der Waals surface area contributed by atoms with E-state index < -0.39 is 5.67 Å². The fourth-order valence-corrected chi connectivity index (χ4v) is 2.65. The number of hydrogen-bond donors (Lipinski definition) is 1. The predicted octanol–water partition coefficient (Wildman–Crippen LogP) is 3.50. The Morgan fingerprint density at radius 1 is 1.08 bits per heavy atom. The minimum absolute atomic E-state index is 0.149. The van der Waals surface area contributed by atoms with Crippen LogP contribution in [0.5, 0.6) is 0 Å². The summed E-state index contributed by atoms with van der Waals surface area (Å²) in [7, 11) is 0. The molecule has 25 heavy (non-hydrogen) atoms. The Hall–Kier alpha value is -3.09. The van der Waals surface area contributed by atoms with Gasteiger partial charge in [0.2, 0.25) is 5.95 Å². The molecule has 3 heterocycles. The molecule has 0 amide bonds. The van der Waals surface area contributed by atoms with Crippen molar-refractivity contribution < 1.29 is 4.39 Å². The van der Waals surface area contributed by atoms with Crippen molar-refractivity contribution in [2.75, 3.05) is 11.9 Å². The van der Waals surface area contributed by atoms with Gasteiger partial charge in [-0.2, -0.15) is 0 Å². The number of alkyl halides is 1. The van der Waals surface area contributed by atoms with Gasteiger partial charge in [0.15, 0.2) is 0 Å². The minimum Gasteiger partial charge on any atom is -0.350 e. The molecule has 0 saturated carbocycles. The fourth-order valence-electron chi connectivity index (χ4n) is 2.65. The first-order valence-corrected chi connectivity index (χ1v) is 7.98. The monoisotopic (exact) mass is 336 g/mol. The summed E-state index contributed by atoms with van der Waals surface area (Å²) in [6, 6.07) is 7.92. The van der Waals surface area contributed by atoms with Gasteiger partial charge in [-0.1, -0.05) is 6.07 Å². The van der Waals surface area contributed by atoms with Gasteiger partial charge in [0.25, 0.3) is 0 Å². The van der Waals surface area contributed by atoms with E-state index >= 15 is 0 Å². The molecule has 0 unspecified atom stereocenters. The Morgan fingerprint density at radius 2 is 1.88 bits per heavy atom. The molecule has 4 rings (SSSR count). The average molecular weight is 336 g/mol. The van der Waals surface area contributed by atoms with Gasteiger partial charge < -0.3 is 5.32 Å². The van der Waals surface area contributed by atoms with Crippen LogP contribution >= 0.6 is 0 Å². The maximum Gasteiger partial charge on any atom is 0.241 e. The zero-order chi connectivity index (χ0) is 17.4. The Morgan fingerprint density at radius 3 is 2.68 bits per heavy atom. The molecular formula is C18H17FN6. The molecule has 0 atom stereocenters. The molecule has 3 aromatic heterocycles. The van der Waals surface area contributed by atoms with Crippen molar-refractivity contribution in [3.8, 4) is 11.1 Å². The summed E-state index contributed by atoms with van der Waals surface area (Å²) in [5.41, 5.74) is 3.25. The molecule has 126 valence electrons. The largest absolute Gasteiger partial charge is 0.350 e. The standard InChI is InChI=1S/C18H17FN6/c1-18(2,19)11-23-17-22-10-16-13(5-8-25(16)24-17)12-3-4-14-15(9-12)21-7-6-20-14/h3-10H,11H2,1-2H3,(H,23,24). The maximum atomic E-state index is 13.6. The van der Waals surface area contributed by atoms with Crippen LogP contribution in [0.15, 0.2) is 49.1 Å². The molecule has 0 bridgehead atoms. The van der Waals surface area contributed by atoms with Crippen LogP contribution in [0.4, 0.5) is 10.3 Å². The van der Waals surface area contributed by atoms with Gasteiger partial charge in [-0.05, 0) is 37.6 Å². The summed E-state index contributed by atoms with van der Waals surface area (Å²) >= 11 is 0. The van der Waals surface area contributed by atoms with Crippen LogP contribution in [0.3, 0.4) is 0 Å². The highest BCUT2D eigenvalue weighted by Crippen LogP contribution is 2.27. The van der Waals surface area contributed by atoms with E-state index in [4.69, 9.17) is 0 Å². The van der Waals surface area contributed by atoms with Crippen molar-refractivity contribution in [3.05, 3.63) is 49.1 Å². The van der Waals surface area contributed by atoms with E-state index in [2.05, 4.69) is 25.4 Å². The van der Waals surface area contributed by atoms with E-state index in [1.54, 1.807) is 23.1 Å². The lowest BCUT2D eigenvalue weighted by Gasteiger charge is -2.14. The molecule has 6 nitrogen and oxygen atoms in total. The molecule has 0 fully saturated rings. The van der Waals surface area contributed by atoms with Crippen LogP contribution in [-0.4, -0.2) is 36.8 Å². The molecule has 0 aliphatic heterocycles. The second kappa shape index (κ2) is 5.77. The topological polar surface area (TPSA) is 68.0 Å². The highest BCUT2D eigenvalue weighted by atomic mass is 19.1. The molecule has 0 saturated heterocycles. The Balaban J connectivity index is 1.70. The molecule has 0 aliphatic rings. The Labute approximate surface area is 143 Å². The first-order chi connectivity index (χ1) is 12.0. The summed E-state index contributed by atoms with van der Waals surface area (Å²) < 4.78 is 15.3. The number of nitrogens with one attached hydrogen (secondary N) is 1. The number of benzene rings is 1. The van der Waals surface area contributed by atoms with E-state index in [0.29, 0.717) is 5.95 Å². The van der Waals surface area contributed by atoms with Crippen molar-refractivity contribution >= 4 is 22.5 Å². The van der Waals surface area contributed by atoms with E-state index in [1.165, 1.54) is 13.8 Å². The van der Waals surface area contributed by atoms with Crippen molar-refractivity contribution in [3.63, 3.8) is 0 Å². The molecule has 7 heteroatoms. The smallest absolute Gasteiger partial charge is 0.241 e. The number of aromatic nitrogens is 5. The van der Waals surface area contributed by atoms with Crippen molar-refractivity contribution in [2.24, 2.45) is 0 Å². The Bertz CT molecular complexity index is 1050. The highest BCUT2D eigenvalue weighted by Gasteiger charge is 2.16. The zero-order valence-corrected chi connectivity index (χ0v) is 13.9. The van der Waals surface area contributed by atoms with Gasteiger partial charge in [0, 0.05) is 24.2 Å². The first kappa shape index (κ1) is 15.4. The lowest BCUT2D eigenvalue weighted by atomic mass is 10.1. The summed E-state index contributed by atoms with van der Waals surface area (Å²) in [5, 5.41) is 7.30. The molecule has 4 aromatic rings. The van der Waals surface area contributed by atoms with Gasteiger partial charge >= 0.3 is 0 Å². The van der Waals surface area contributed by atoms with Gasteiger partial charge in [0.1, 0.15) is 5.67 Å². The number of halogens is 1. The van der Waals surface area contributed by atoms with E-state index in [9.17, 15) is 4.39 Å². The van der Waals surface area contributed by atoms with Crippen molar-refractivity contribution in [2.45, 2.75) is 19.5 Å². The van der Waals surface area contributed by atoms with Crippen molar-refractivity contribution in [1.82, 2.24) is 24.6 Å². The fraction of sp³-hybridized carbons (Fsp3) is 0.222. The van der Waals surface area contributed by atoms with Crippen LogP contribution in [-0.2, 0) is 0 Å². The number of anilines is 1. The second-order valence-electron chi connectivity index (χ2n) is 6.47. The predicted molar refractivity (Wildman–Crippen MR) is 95.2 cm³/mol. The number of fused-ring (bicyclic) bond motifs is 2. The second-order valence-corrected chi connectivity index (χ2v) is 6.47. The summed E-state index contributed by atoms with van der Waals surface area (Å²) in [5.74, 6) is 0.393. The summed E-state index contributed by atoms with van der Waals surface area (Å²) in [6.45, 7) is 3.17. The number of hydrogen-bond acceptors (Lipinski definition) is 5. The van der Waals surface area contributed by atoms with Crippen LogP contribution in [0.1, 0.15) is 13.8 Å². The minimum atomic E-state index is -1.33. The number of rotatable bonds is 4. The zero-order valence-electron chi connectivity index (χ0n) is 13.9. The van der Waals surface area contributed by atoms with Crippen LogP contribution in [0.25, 0.3) is 27.7 Å². The quantitative estimate of drug-likeness (QED) is 0.618. The van der Waals surface area contributed by atoms with Gasteiger partial charge in [-0.25, -0.2) is 13.9 Å². The van der Waals surface area contributed by atoms with Crippen LogP contribution in [0.2, 0.25) is 0 Å². The van der Waals surface area contributed by atoms with Gasteiger partial charge in [-0.15, -0.1) is 5.10 Å². The van der Waals surface area contributed by atoms with Gasteiger partial charge in [-0.3, -0.25) is 9.97 Å². The van der Waals surface area contributed by atoms with E-state index in [1.807, 2.05) is 30.5 Å². The van der Waals surface area contributed by atoms with E-state index in [0.717, 1.165) is 27.7 Å². The van der Waals surface area contributed by atoms with E-state index in [-0.39, 0.29) is 6.54 Å². The lowest BCUT2D eigenvalue weighted by Crippen LogP contribution is -2.25. The lowest BCUT2D eigenvalue weighted by molar-refractivity contribution is 0.234. The molecule has 1 aromatic carbocycles.